The number of rotatable bonds is 11. The van der Waals surface area contributed by atoms with Crippen LogP contribution in [0.5, 0.6) is 0 Å². The van der Waals surface area contributed by atoms with E-state index in [9.17, 15) is 19.2 Å². The van der Waals surface area contributed by atoms with Crippen LogP contribution in [0.3, 0.4) is 0 Å². The number of aryl methyl sites for hydroxylation is 1. The van der Waals surface area contributed by atoms with Gasteiger partial charge in [-0.1, -0.05) is 95.6 Å². The molecule has 1 aliphatic heterocycles. The summed E-state index contributed by atoms with van der Waals surface area (Å²) in [7, 11) is -0.457. The van der Waals surface area contributed by atoms with Crippen LogP contribution in [0, 0.1) is 6.92 Å². The van der Waals surface area contributed by atoms with E-state index in [4.69, 9.17) is 18.8 Å². The molecule has 2 atom stereocenters. The molecule has 1 saturated heterocycles. The number of amides is 2. The van der Waals surface area contributed by atoms with Crippen LogP contribution in [-0.2, 0) is 52.0 Å². The average molecular weight is 915 g/mol. The van der Waals surface area contributed by atoms with Crippen LogP contribution in [0.15, 0.2) is 72.8 Å². The van der Waals surface area contributed by atoms with Crippen molar-refractivity contribution in [1.29, 1.82) is 0 Å². The minimum atomic E-state index is -0.820. The van der Waals surface area contributed by atoms with Crippen LogP contribution in [0.2, 0.25) is 0 Å². The van der Waals surface area contributed by atoms with Gasteiger partial charge in [-0.3, -0.25) is 9.59 Å². The Hall–Kier alpha value is -4.30. The summed E-state index contributed by atoms with van der Waals surface area (Å²) in [5.41, 5.74) is 1.74. The number of ether oxygens (including phenoxy) is 2. The number of hydrogen-bond donors (Lipinski definition) is 2. The Morgan fingerprint density at radius 2 is 0.906 bits per heavy atom. The smallest absolute Gasteiger partial charge is 0.458 e. The van der Waals surface area contributed by atoms with Gasteiger partial charge in [-0.05, 0) is 128 Å². The molecule has 2 amide bonds. The first-order chi connectivity index (χ1) is 29.2. The van der Waals surface area contributed by atoms with Gasteiger partial charge >= 0.3 is 19.1 Å². The lowest BCUT2D eigenvalue weighted by Gasteiger charge is -2.32. The summed E-state index contributed by atoms with van der Waals surface area (Å²) in [5.74, 6) is -1.41. The highest BCUT2D eigenvalue weighted by molar-refractivity contribution is 7.14. The third kappa shape index (κ3) is 15.1. The van der Waals surface area contributed by atoms with Gasteiger partial charge in [0.2, 0.25) is 0 Å². The summed E-state index contributed by atoms with van der Waals surface area (Å²) in [6.45, 7) is 33.7. The second-order valence-corrected chi connectivity index (χ2v) is 23.8. The van der Waals surface area contributed by atoms with E-state index in [2.05, 4.69) is 52.2 Å². The van der Waals surface area contributed by atoms with Crippen molar-refractivity contribution in [3.8, 4) is 0 Å². The maximum Gasteiger partial charge on any atom is 0.494 e. The van der Waals surface area contributed by atoms with Gasteiger partial charge in [0.25, 0.3) is 11.8 Å². The van der Waals surface area contributed by atoms with Crippen LogP contribution in [0.4, 0.5) is 0 Å². The van der Waals surface area contributed by atoms with E-state index >= 15 is 0 Å². The third-order valence-electron chi connectivity index (χ3n) is 10.6. The largest absolute Gasteiger partial charge is 0.494 e. The molecule has 13 heteroatoms. The van der Waals surface area contributed by atoms with Gasteiger partial charge in [-0.2, -0.15) is 0 Å². The SMILES string of the molecule is CC(C)(C)OC(=O)[C@H](Cc1ccc(B2OC(C)(C)C(C)(C)O2)cc1)NC(=O)c1ccc(C(C)(C)C)s1.Cc1ccc(C[C@H](NC(=O)c2ccc(C(C)(C)C)s2)C(=O)OC(C)(C)C)cc1. The zero-order valence-electron chi connectivity index (χ0n) is 41.2. The highest BCUT2D eigenvalue weighted by Gasteiger charge is 2.51. The van der Waals surface area contributed by atoms with Crippen LogP contribution < -0.4 is 16.1 Å². The average Bonchev–Trinajstić information content (AvgIpc) is 3.90. The highest BCUT2D eigenvalue weighted by Crippen LogP contribution is 2.36. The molecule has 0 radical (unpaired) electrons. The van der Waals surface area contributed by atoms with Gasteiger partial charge in [0.05, 0.1) is 21.0 Å². The predicted octanol–water partition coefficient (Wildman–Crippen LogP) is 10.1. The molecule has 0 saturated carbocycles. The zero-order chi connectivity index (χ0) is 48.2. The standard InChI is InChI=1S/C28H40BNO5S.C23H31NO3S/c1-25(2,3)22-16-15-21(36-22)23(31)30-20(24(32)33-26(4,5)6)17-18-11-13-19(14-12-18)29-34-27(7,8)28(9,10)35-29;1-15-8-10-16(11-9-15)14-17(21(26)27-23(5,6)7)24-20(25)18-12-13-19(28-18)22(2,3)4/h11-16,20H,17H2,1-10H3,(H,30,31);8-13,17H,14H2,1-7H3,(H,24,25)/t20-;17-/m00/s1. The Morgan fingerprint density at radius 1 is 0.562 bits per heavy atom. The van der Waals surface area contributed by atoms with Crippen molar-refractivity contribution < 1.29 is 38.0 Å². The van der Waals surface area contributed by atoms with Gasteiger partial charge in [-0.25, -0.2) is 9.59 Å². The van der Waals surface area contributed by atoms with Crippen molar-refractivity contribution in [3.05, 3.63) is 109 Å². The van der Waals surface area contributed by atoms with Crippen molar-refractivity contribution in [2.24, 2.45) is 0 Å². The molecule has 0 bridgehead atoms. The fourth-order valence-corrected chi connectivity index (χ4v) is 8.24. The Labute approximate surface area is 390 Å². The van der Waals surface area contributed by atoms with E-state index in [1.54, 1.807) is 0 Å². The zero-order valence-corrected chi connectivity index (χ0v) is 42.8. The summed E-state index contributed by atoms with van der Waals surface area (Å²) >= 11 is 2.90. The second kappa shape index (κ2) is 20.1. The van der Waals surface area contributed by atoms with Crippen LogP contribution in [0.1, 0.15) is 157 Å². The second-order valence-electron chi connectivity index (χ2n) is 21.7. The summed E-state index contributed by atoms with van der Waals surface area (Å²) in [4.78, 5) is 55.0. The Morgan fingerprint density at radius 3 is 1.22 bits per heavy atom. The molecule has 0 aliphatic carbocycles. The van der Waals surface area contributed by atoms with E-state index in [0.29, 0.717) is 22.6 Å². The molecule has 3 heterocycles. The quantitative estimate of drug-likeness (QED) is 0.112. The minimum Gasteiger partial charge on any atom is -0.458 e. The summed E-state index contributed by atoms with van der Waals surface area (Å²) in [6.07, 6.45) is 0.695. The highest BCUT2D eigenvalue weighted by atomic mass is 32.1. The van der Waals surface area contributed by atoms with Crippen molar-refractivity contribution >= 4 is 59.0 Å². The topological polar surface area (TPSA) is 129 Å². The first kappa shape index (κ1) is 52.3. The maximum atomic E-state index is 13.1. The first-order valence-corrected chi connectivity index (χ1v) is 23.6. The number of carbonyl (C=O) groups is 4. The lowest BCUT2D eigenvalue weighted by molar-refractivity contribution is -0.158. The monoisotopic (exact) mass is 914 g/mol. The molecule has 1 aliphatic rings. The maximum absolute atomic E-state index is 13.1. The Balaban J connectivity index is 0.000000290. The number of esters is 2. The van der Waals surface area contributed by atoms with Gasteiger partial charge in [0, 0.05) is 22.6 Å². The normalized spacial score (nSPS) is 15.9. The van der Waals surface area contributed by atoms with Crippen LogP contribution >= 0.6 is 22.7 Å². The molecule has 4 aromatic rings. The van der Waals surface area contributed by atoms with Crippen LogP contribution in [0.25, 0.3) is 0 Å². The van der Waals surface area contributed by atoms with E-state index < -0.39 is 53.5 Å². The van der Waals surface area contributed by atoms with Crippen molar-refractivity contribution in [3.63, 3.8) is 0 Å². The summed E-state index contributed by atoms with van der Waals surface area (Å²) < 4.78 is 23.4. The van der Waals surface area contributed by atoms with Crippen molar-refractivity contribution in [2.75, 3.05) is 0 Å². The van der Waals surface area contributed by atoms with E-state index in [1.807, 2.05) is 149 Å². The third-order valence-corrected chi connectivity index (χ3v) is 13.7. The molecule has 1 fully saturated rings. The molecule has 2 aromatic heterocycles. The molecular weight excluding hydrogens is 844 g/mol. The van der Waals surface area contributed by atoms with E-state index in [1.165, 1.54) is 22.7 Å². The predicted molar refractivity (Wildman–Crippen MR) is 261 cm³/mol. The van der Waals surface area contributed by atoms with Crippen molar-refractivity contribution in [2.45, 2.75) is 176 Å². The Bertz CT molecular complexity index is 2220. The van der Waals surface area contributed by atoms with Gasteiger partial charge in [0.1, 0.15) is 23.3 Å². The fraction of sp³-hybridized carbons (Fsp3) is 0.529. The number of thiophene rings is 2. The van der Waals surface area contributed by atoms with E-state index in [0.717, 1.165) is 31.9 Å². The molecular formula is C51H71BN2O8S2. The van der Waals surface area contributed by atoms with Crippen molar-refractivity contribution in [1.82, 2.24) is 10.6 Å². The van der Waals surface area contributed by atoms with Gasteiger partial charge in [0.15, 0.2) is 0 Å². The number of hydrogen-bond acceptors (Lipinski definition) is 10. The summed E-state index contributed by atoms with van der Waals surface area (Å²) in [5, 5.41) is 5.79. The molecule has 2 N–H and O–H groups in total. The first-order valence-electron chi connectivity index (χ1n) is 22.0. The molecule has 2 aromatic carbocycles. The molecule has 0 unspecified atom stereocenters. The lowest BCUT2D eigenvalue weighted by Crippen LogP contribution is -2.45. The lowest BCUT2D eigenvalue weighted by atomic mass is 9.78. The Kier molecular flexibility index (Phi) is 16.4. The minimum absolute atomic E-state index is 0.0182. The molecule has 0 spiro atoms. The van der Waals surface area contributed by atoms with Gasteiger partial charge < -0.3 is 29.4 Å². The summed E-state index contributed by atoms with van der Waals surface area (Å²) in [6, 6.07) is 21.7. The van der Waals surface area contributed by atoms with Gasteiger partial charge in [-0.15, -0.1) is 22.7 Å². The molecule has 348 valence electrons. The number of carbonyl (C=O) groups excluding carboxylic acids is 4. The number of benzene rings is 2. The molecule has 10 nitrogen and oxygen atoms in total. The fourth-order valence-electron chi connectivity index (χ4n) is 6.30. The van der Waals surface area contributed by atoms with Crippen LogP contribution in [-0.4, -0.2) is 65.4 Å². The number of nitrogens with one attached hydrogen (secondary N) is 2. The van der Waals surface area contributed by atoms with E-state index in [-0.39, 0.29) is 22.6 Å². The molecule has 5 rings (SSSR count). The molecule has 64 heavy (non-hydrogen) atoms.